The van der Waals surface area contributed by atoms with Crippen LogP contribution in [0, 0.1) is 11.8 Å². The minimum Gasteiger partial charge on any atom is -0.430 e. The molecule has 2 saturated carbocycles. The van der Waals surface area contributed by atoms with Crippen LogP contribution in [0.4, 0.5) is 13.6 Å². The third-order valence-corrected chi connectivity index (χ3v) is 5.56. The van der Waals surface area contributed by atoms with Crippen LogP contribution in [0.1, 0.15) is 64.2 Å². The van der Waals surface area contributed by atoms with E-state index in [9.17, 15) is 13.6 Å². The minimum atomic E-state index is -3.47. The van der Waals surface area contributed by atoms with Crippen molar-refractivity contribution in [3.63, 3.8) is 0 Å². The maximum Gasteiger partial charge on any atom is 0.508 e. The fourth-order valence-electron chi connectivity index (χ4n) is 3.91. The number of carbonyl (C=O) groups excluding carboxylic acids is 1. The van der Waals surface area contributed by atoms with Gasteiger partial charge >= 0.3 is 11.4 Å². The van der Waals surface area contributed by atoms with Crippen LogP contribution in [-0.4, -0.2) is 31.2 Å². The van der Waals surface area contributed by atoms with Gasteiger partial charge in [0.15, 0.2) is 6.61 Å². The lowest BCUT2D eigenvalue weighted by atomic mass is 9.75. The summed E-state index contributed by atoms with van der Waals surface area (Å²) in [7, 11) is 1.11. The Hall–Kier alpha value is -0.640. The number of ether oxygens (including phenoxy) is 2. The van der Waals surface area contributed by atoms with Crippen molar-refractivity contribution in [2.75, 3.05) is 13.7 Å². The van der Waals surface area contributed by atoms with Gasteiger partial charge in [0, 0.05) is 0 Å². The zero-order valence-electron chi connectivity index (χ0n) is 15.1. The van der Waals surface area contributed by atoms with Crippen molar-refractivity contribution in [2.24, 2.45) is 11.8 Å². The van der Waals surface area contributed by atoms with E-state index >= 15 is 0 Å². The molecule has 0 aromatic rings. The summed E-state index contributed by atoms with van der Waals surface area (Å²) < 4.78 is 41.3. The second-order valence-electron chi connectivity index (χ2n) is 6.94. The van der Waals surface area contributed by atoms with Gasteiger partial charge in [0.2, 0.25) is 0 Å². The normalized spacial score (nSPS) is 20.3. The van der Waals surface area contributed by atoms with Gasteiger partial charge < -0.3 is 9.47 Å². The second kappa shape index (κ2) is 11.3. The molecule has 0 aromatic carbocycles. The molecule has 6 nitrogen and oxygen atoms in total. The monoisotopic (exact) mass is 398 g/mol. The van der Waals surface area contributed by atoms with Gasteiger partial charge in [0.25, 0.3) is 0 Å². The first kappa shape index (κ1) is 21.7. The van der Waals surface area contributed by atoms with Gasteiger partial charge in [-0.25, -0.2) is 9.68 Å². The Morgan fingerprint density at radius 3 is 2.08 bits per heavy atom. The molecule has 2 fully saturated rings. The van der Waals surface area contributed by atoms with E-state index in [1.807, 2.05) is 0 Å². The molecule has 0 heterocycles. The van der Waals surface area contributed by atoms with Crippen molar-refractivity contribution >= 4 is 18.2 Å². The number of hydrogen-bond acceptors (Lipinski definition) is 7. The van der Waals surface area contributed by atoms with Gasteiger partial charge in [-0.3, -0.25) is 0 Å². The Balaban J connectivity index is 1.84. The average Bonchev–Trinajstić information content (AvgIpc) is 2.66. The molecule has 0 N–H and O–H groups in total. The summed E-state index contributed by atoms with van der Waals surface area (Å²) >= 11 is -0.293. The summed E-state index contributed by atoms with van der Waals surface area (Å²) in [5, 5.41) is 0.441. The molecule has 152 valence electrons. The van der Waals surface area contributed by atoms with Crippen molar-refractivity contribution in [3.05, 3.63) is 0 Å². The molecule has 0 bridgehead atoms. The average molecular weight is 398 g/mol. The van der Waals surface area contributed by atoms with Gasteiger partial charge in [-0.15, -0.1) is 4.33 Å². The van der Waals surface area contributed by atoms with E-state index in [0.29, 0.717) is 11.8 Å². The van der Waals surface area contributed by atoms with Gasteiger partial charge in [-0.1, -0.05) is 43.6 Å². The smallest absolute Gasteiger partial charge is 0.430 e. The molecule has 0 atom stereocenters. The largest absolute Gasteiger partial charge is 0.508 e. The Bertz CT molecular complexity index is 396. The van der Waals surface area contributed by atoms with Crippen LogP contribution < -0.4 is 0 Å². The highest BCUT2D eigenvalue weighted by Gasteiger charge is 2.37. The first-order valence-corrected chi connectivity index (χ1v) is 10.0. The van der Waals surface area contributed by atoms with Crippen molar-refractivity contribution in [2.45, 2.75) is 75.6 Å². The zero-order chi connectivity index (χ0) is 18.8. The number of rotatable bonds is 9. The maximum absolute atomic E-state index is 13.5. The van der Waals surface area contributed by atoms with E-state index in [4.69, 9.17) is 4.74 Å². The maximum atomic E-state index is 13.5. The van der Waals surface area contributed by atoms with Crippen LogP contribution in [0.15, 0.2) is 0 Å². The third kappa shape index (κ3) is 7.54. The molecule has 9 heteroatoms. The highest BCUT2D eigenvalue weighted by molar-refractivity contribution is 7.95. The summed E-state index contributed by atoms with van der Waals surface area (Å²) in [4.78, 5) is 16.1. The zero-order valence-corrected chi connectivity index (χ0v) is 15.9. The minimum absolute atomic E-state index is 0.238. The predicted octanol–water partition coefficient (Wildman–Crippen LogP) is 5.42. The number of hydrogen-bond donors (Lipinski definition) is 0. The van der Waals surface area contributed by atoms with E-state index in [1.54, 1.807) is 0 Å². The van der Waals surface area contributed by atoms with Gasteiger partial charge in [0.05, 0.1) is 7.11 Å². The Morgan fingerprint density at radius 1 is 1.04 bits per heavy atom. The molecule has 0 aromatic heterocycles. The predicted molar refractivity (Wildman–Crippen MR) is 91.1 cm³/mol. The Morgan fingerprint density at radius 2 is 1.58 bits per heavy atom. The Labute approximate surface area is 157 Å². The van der Waals surface area contributed by atoms with Crippen LogP contribution in [0.3, 0.4) is 0 Å². The van der Waals surface area contributed by atoms with Gasteiger partial charge in [-0.2, -0.15) is 8.78 Å². The first-order valence-electron chi connectivity index (χ1n) is 9.28. The van der Waals surface area contributed by atoms with Crippen molar-refractivity contribution in [1.29, 1.82) is 0 Å². The van der Waals surface area contributed by atoms with Crippen LogP contribution in [0.2, 0.25) is 0 Å². The van der Waals surface area contributed by atoms with Crippen molar-refractivity contribution < 1.29 is 37.3 Å². The van der Waals surface area contributed by atoms with Crippen LogP contribution in [0.25, 0.3) is 0 Å². The first-order chi connectivity index (χ1) is 12.5. The molecule has 0 amide bonds. The van der Waals surface area contributed by atoms with E-state index in [1.165, 1.54) is 12.8 Å². The van der Waals surface area contributed by atoms with Crippen molar-refractivity contribution in [3.8, 4) is 0 Å². The molecular weight excluding hydrogens is 370 g/mol. The number of carbonyl (C=O) groups is 1. The molecule has 2 rings (SSSR count). The molecule has 0 aliphatic heterocycles. The fourth-order valence-corrected chi connectivity index (χ4v) is 4.20. The summed E-state index contributed by atoms with van der Waals surface area (Å²) in [6.07, 6.45) is 9.68. The van der Waals surface area contributed by atoms with E-state index < -0.39 is 18.0 Å². The van der Waals surface area contributed by atoms with Gasteiger partial charge in [0.1, 0.15) is 18.1 Å². The third-order valence-electron chi connectivity index (χ3n) is 5.07. The quantitative estimate of drug-likeness (QED) is 0.169. The van der Waals surface area contributed by atoms with E-state index in [2.05, 4.69) is 19.0 Å². The highest BCUT2D eigenvalue weighted by Crippen LogP contribution is 2.38. The molecule has 0 spiro atoms. The van der Waals surface area contributed by atoms with Crippen molar-refractivity contribution in [1.82, 2.24) is 0 Å². The molecule has 0 radical (unpaired) electrons. The lowest BCUT2D eigenvalue weighted by Gasteiger charge is -2.36. The molecule has 26 heavy (non-hydrogen) atoms. The lowest BCUT2D eigenvalue weighted by Crippen LogP contribution is -2.37. The van der Waals surface area contributed by atoms with E-state index in [0.717, 1.165) is 58.5 Å². The number of alkyl halides is 2. The molecule has 0 unspecified atom stereocenters. The van der Waals surface area contributed by atoms with Gasteiger partial charge in [-0.05, 0) is 37.5 Å². The summed E-state index contributed by atoms with van der Waals surface area (Å²) in [5.41, 5.74) is 0. The van der Waals surface area contributed by atoms with Crippen LogP contribution in [-0.2, 0) is 23.7 Å². The molecule has 0 saturated heterocycles. The summed E-state index contributed by atoms with van der Waals surface area (Å²) in [5.74, 6) is 0.598. The van der Waals surface area contributed by atoms with E-state index in [-0.39, 0.29) is 18.1 Å². The molecule has 2 aliphatic carbocycles. The molecule has 2 aliphatic rings. The summed E-state index contributed by atoms with van der Waals surface area (Å²) in [6, 6.07) is 0. The topological polar surface area (TPSA) is 63.2 Å². The SMILES string of the molecule is COOOSC(F)(F)COC(=O)OC(C1CCCCC1)C1CCCCC1. The standard InChI is InChI=1S/C17H28F2O6S/c1-21-24-25-26-17(18,19)12-22-16(20)23-15(13-8-4-2-5-9-13)14-10-6-3-7-11-14/h13-15H,2-12H2,1H3. The Kier molecular flexibility index (Phi) is 9.38. The van der Waals surface area contributed by atoms with Crippen LogP contribution in [0.5, 0.6) is 0 Å². The molecular formula is C17H28F2O6S. The lowest BCUT2D eigenvalue weighted by molar-refractivity contribution is -0.448. The highest BCUT2D eigenvalue weighted by atomic mass is 32.2. The van der Waals surface area contributed by atoms with Crippen LogP contribution >= 0.6 is 12.0 Å². The number of halogens is 2. The summed E-state index contributed by atoms with van der Waals surface area (Å²) in [6.45, 7) is -1.16. The fraction of sp³-hybridized carbons (Fsp3) is 0.941. The second-order valence-corrected chi connectivity index (χ2v) is 7.84.